The summed E-state index contributed by atoms with van der Waals surface area (Å²) in [4.78, 5) is 16.9. The lowest BCUT2D eigenvalue weighted by Crippen LogP contribution is -2.14. The highest BCUT2D eigenvalue weighted by Gasteiger charge is 2.14. The minimum atomic E-state index is -2.89. The monoisotopic (exact) mass is 510 g/mol. The van der Waals surface area contributed by atoms with E-state index in [1.165, 1.54) is 34.2 Å². The highest BCUT2D eigenvalue weighted by Crippen LogP contribution is 2.31. The number of anilines is 1. The number of alkyl halides is 2. The fraction of sp³-hybridized carbons (Fsp3) is 0.0952. The van der Waals surface area contributed by atoms with Crippen LogP contribution in [0.4, 0.5) is 13.9 Å². The number of hydrogen-bond acceptors (Lipinski definition) is 6. The Morgan fingerprint density at radius 1 is 1.15 bits per heavy atom. The lowest BCUT2D eigenvalue weighted by molar-refractivity contribution is -0.0498. The zero-order valence-corrected chi connectivity index (χ0v) is 18.9. The summed E-state index contributed by atoms with van der Waals surface area (Å²) in [7, 11) is 0. The molecule has 0 aliphatic rings. The maximum absolute atomic E-state index is 12.5. The van der Waals surface area contributed by atoms with Crippen LogP contribution in [0.25, 0.3) is 11.3 Å². The van der Waals surface area contributed by atoms with Gasteiger partial charge in [0.1, 0.15) is 16.5 Å². The summed E-state index contributed by atoms with van der Waals surface area (Å²) in [5.74, 6) is 0.000563. The van der Waals surface area contributed by atoms with Crippen molar-refractivity contribution >= 4 is 45.6 Å². The summed E-state index contributed by atoms with van der Waals surface area (Å²) in [5.41, 5.74) is 1.44. The second-order valence-corrected chi connectivity index (χ2v) is 8.10. The highest BCUT2D eigenvalue weighted by molar-refractivity contribution is 7.14. The summed E-state index contributed by atoms with van der Waals surface area (Å²) in [6.45, 7) is -2.86. The Morgan fingerprint density at radius 2 is 1.94 bits per heavy atom. The molecule has 7 nitrogen and oxygen atoms in total. The van der Waals surface area contributed by atoms with E-state index in [1.807, 2.05) is 0 Å². The third-order valence-corrected chi connectivity index (χ3v) is 5.80. The van der Waals surface area contributed by atoms with Crippen molar-refractivity contribution in [3.05, 3.63) is 75.8 Å². The number of hydrogen-bond donors (Lipinski definition) is 1. The Bertz CT molecular complexity index is 1260. The predicted octanol–water partition coefficient (Wildman–Crippen LogP) is 6.20. The number of carbonyl (C=O) groups excluding carboxylic acids is 1. The molecule has 2 aromatic heterocycles. The molecule has 1 amide bonds. The lowest BCUT2D eigenvalue weighted by atomic mass is 10.2. The maximum Gasteiger partial charge on any atom is 0.387 e. The van der Waals surface area contributed by atoms with Crippen LogP contribution in [0.5, 0.6) is 11.5 Å². The van der Waals surface area contributed by atoms with Crippen molar-refractivity contribution in [3.8, 4) is 22.8 Å². The normalized spacial score (nSPS) is 10.9. The standard InChI is InChI=1S/C21H14Cl2F2N4O3S/c22-14-2-1-3-17(18(14)23)31-11-29-9-8-15(28-29)19(30)27-21-26-16(10-33-21)12-4-6-13(7-5-12)32-20(24)25/h1-10,20H,11H2,(H,26,27,30). The Morgan fingerprint density at radius 3 is 2.70 bits per heavy atom. The SMILES string of the molecule is O=C(Nc1nc(-c2ccc(OC(F)F)cc2)cs1)c1ccn(COc2cccc(Cl)c2Cl)n1. The van der Waals surface area contributed by atoms with E-state index in [0.717, 1.165) is 0 Å². The maximum atomic E-state index is 12.5. The minimum absolute atomic E-state index is 0.0278. The van der Waals surface area contributed by atoms with Gasteiger partial charge in [-0.05, 0) is 42.5 Å². The molecule has 4 aromatic rings. The molecule has 4 rings (SSSR count). The average molecular weight is 511 g/mol. The number of benzene rings is 2. The van der Waals surface area contributed by atoms with Crippen LogP contribution in [0.2, 0.25) is 10.0 Å². The first-order chi connectivity index (χ1) is 15.9. The molecule has 0 saturated heterocycles. The first-order valence-corrected chi connectivity index (χ1v) is 10.9. The van der Waals surface area contributed by atoms with Gasteiger partial charge in [-0.1, -0.05) is 29.3 Å². The Hall–Kier alpha value is -3.21. The number of halogens is 4. The largest absolute Gasteiger partial charge is 0.470 e. The molecule has 33 heavy (non-hydrogen) atoms. The van der Waals surface area contributed by atoms with Crippen LogP contribution in [0.1, 0.15) is 10.5 Å². The molecule has 0 radical (unpaired) electrons. The van der Waals surface area contributed by atoms with Crippen molar-refractivity contribution in [2.45, 2.75) is 13.3 Å². The summed E-state index contributed by atoms with van der Waals surface area (Å²) < 4.78 is 35.9. The van der Waals surface area contributed by atoms with Crippen molar-refractivity contribution < 1.29 is 23.0 Å². The van der Waals surface area contributed by atoms with E-state index in [9.17, 15) is 13.6 Å². The molecule has 0 atom stereocenters. The average Bonchev–Trinajstić information content (AvgIpc) is 3.45. The molecule has 0 fully saturated rings. The van der Waals surface area contributed by atoms with Gasteiger partial charge in [0.15, 0.2) is 17.6 Å². The highest BCUT2D eigenvalue weighted by atomic mass is 35.5. The second-order valence-electron chi connectivity index (χ2n) is 6.46. The van der Waals surface area contributed by atoms with Crippen LogP contribution in [0, 0.1) is 0 Å². The first-order valence-electron chi connectivity index (χ1n) is 9.31. The zero-order chi connectivity index (χ0) is 23.4. The predicted molar refractivity (Wildman–Crippen MR) is 121 cm³/mol. The van der Waals surface area contributed by atoms with Crippen LogP contribution >= 0.6 is 34.5 Å². The Kier molecular flexibility index (Phi) is 7.07. The molecule has 0 unspecified atom stereocenters. The smallest absolute Gasteiger partial charge is 0.387 e. The van der Waals surface area contributed by atoms with Gasteiger partial charge in [-0.25, -0.2) is 9.67 Å². The van der Waals surface area contributed by atoms with Gasteiger partial charge in [0.2, 0.25) is 0 Å². The van der Waals surface area contributed by atoms with Gasteiger partial charge in [-0.2, -0.15) is 13.9 Å². The molecular formula is C21H14Cl2F2N4O3S. The van der Waals surface area contributed by atoms with Gasteiger partial charge in [0.05, 0.1) is 10.7 Å². The number of carbonyl (C=O) groups is 1. The van der Waals surface area contributed by atoms with Crippen LogP contribution < -0.4 is 14.8 Å². The zero-order valence-electron chi connectivity index (χ0n) is 16.5. The van der Waals surface area contributed by atoms with Crippen molar-refractivity contribution in [1.29, 1.82) is 0 Å². The lowest BCUT2D eigenvalue weighted by Gasteiger charge is -2.08. The number of rotatable bonds is 8. The van der Waals surface area contributed by atoms with Crippen LogP contribution in [0.3, 0.4) is 0 Å². The fourth-order valence-corrected chi connectivity index (χ4v) is 3.78. The molecule has 2 aromatic carbocycles. The molecule has 170 valence electrons. The Balaban J connectivity index is 1.36. The quantitative estimate of drug-likeness (QED) is 0.305. The number of nitrogens with one attached hydrogen (secondary N) is 1. The first kappa shape index (κ1) is 23.0. The summed E-state index contributed by atoms with van der Waals surface area (Å²) in [6.07, 6.45) is 1.59. The molecule has 0 bridgehead atoms. The van der Waals surface area contributed by atoms with Gasteiger partial charge in [-0.15, -0.1) is 11.3 Å². The number of amides is 1. The number of aromatic nitrogens is 3. The topological polar surface area (TPSA) is 78.3 Å². The van der Waals surface area contributed by atoms with E-state index in [-0.39, 0.29) is 18.2 Å². The fourth-order valence-electron chi connectivity index (χ4n) is 2.72. The molecule has 0 spiro atoms. The van der Waals surface area contributed by atoms with E-state index in [0.29, 0.717) is 32.2 Å². The van der Waals surface area contributed by atoms with E-state index in [2.05, 4.69) is 20.1 Å². The summed E-state index contributed by atoms with van der Waals surface area (Å²) in [5, 5.41) is 9.61. The molecule has 0 aliphatic heterocycles. The summed E-state index contributed by atoms with van der Waals surface area (Å²) in [6, 6.07) is 12.6. The molecule has 12 heteroatoms. The van der Waals surface area contributed by atoms with Crippen molar-refractivity contribution in [2.24, 2.45) is 0 Å². The van der Waals surface area contributed by atoms with Crippen LogP contribution in [0.15, 0.2) is 60.1 Å². The number of ether oxygens (including phenoxy) is 2. The second kappa shape index (κ2) is 10.2. The number of thiazole rings is 1. The molecule has 2 heterocycles. The van der Waals surface area contributed by atoms with Gasteiger partial charge in [0.25, 0.3) is 5.91 Å². The van der Waals surface area contributed by atoms with Gasteiger partial charge < -0.3 is 9.47 Å². The van der Waals surface area contributed by atoms with E-state index in [4.69, 9.17) is 27.9 Å². The van der Waals surface area contributed by atoms with Gasteiger partial charge in [0, 0.05) is 17.1 Å². The third kappa shape index (κ3) is 5.78. The minimum Gasteiger partial charge on any atom is -0.470 e. The summed E-state index contributed by atoms with van der Waals surface area (Å²) >= 11 is 13.3. The van der Waals surface area contributed by atoms with E-state index < -0.39 is 12.5 Å². The van der Waals surface area contributed by atoms with Crippen LogP contribution in [-0.2, 0) is 6.73 Å². The van der Waals surface area contributed by atoms with E-state index in [1.54, 1.807) is 41.9 Å². The third-order valence-electron chi connectivity index (χ3n) is 4.24. The van der Waals surface area contributed by atoms with Crippen LogP contribution in [-0.4, -0.2) is 27.3 Å². The molecule has 1 N–H and O–H groups in total. The van der Waals surface area contributed by atoms with Crippen molar-refractivity contribution in [3.63, 3.8) is 0 Å². The molecule has 0 aliphatic carbocycles. The molecular weight excluding hydrogens is 497 g/mol. The van der Waals surface area contributed by atoms with Gasteiger partial charge in [-0.3, -0.25) is 10.1 Å². The Labute approximate surface area is 200 Å². The number of nitrogens with zero attached hydrogens (tertiary/aromatic N) is 3. The van der Waals surface area contributed by atoms with Crippen molar-refractivity contribution in [1.82, 2.24) is 14.8 Å². The van der Waals surface area contributed by atoms with Crippen molar-refractivity contribution in [2.75, 3.05) is 5.32 Å². The van der Waals surface area contributed by atoms with E-state index >= 15 is 0 Å². The van der Waals surface area contributed by atoms with Gasteiger partial charge >= 0.3 is 6.61 Å². The molecule has 0 saturated carbocycles.